The van der Waals surface area contributed by atoms with Gasteiger partial charge in [0.1, 0.15) is 6.26 Å². The van der Waals surface area contributed by atoms with Crippen LogP contribution in [0.4, 0.5) is 0 Å². The zero-order chi connectivity index (χ0) is 17.1. The Labute approximate surface area is 136 Å². The lowest BCUT2D eigenvalue weighted by Gasteiger charge is -2.11. The summed E-state index contributed by atoms with van der Waals surface area (Å²) in [5.74, 6) is -0.307. The van der Waals surface area contributed by atoms with Crippen LogP contribution < -0.4 is 11.2 Å². The average Bonchev–Trinajstić information content (AvgIpc) is 3.11. The fraction of sp³-hybridized carbons (Fsp3) is 0.0556. The zero-order valence-corrected chi connectivity index (χ0v) is 12.9. The van der Waals surface area contributed by atoms with E-state index >= 15 is 0 Å². The average molecular weight is 322 g/mol. The van der Waals surface area contributed by atoms with Gasteiger partial charge in [0.2, 0.25) is 0 Å². The minimum Gasteiger partial charge on any atom is -0.472 e. The molecule has 0 saturated heterocycles. The van der Waals surface area contributed by atoms with E-state index in [0.29, 0.717) is 22.4 Å². The summed E-state index contributed by atoms with van der Waals surface area (Å²) in [6, 6.07) is 10.5. The standard InChI is InChI=1S/C18H14N2O4/c1-12-10-20(18(23)19-17(12)22)15(13-5-3-2-4-6-13)9-16(21)14-7-8-24-11-14/h2-11H,1H3,(H,19,22,23)/b15-9+. The van der Waals surface area contributed by atoms with Crippen LogP contribution in [0.25, 0.3) is 5.70 Å². The molecule has 0 radical (unpaired) electrons. The first kappa shape index (κ1) is 15.5. The number of rotatable bonds is 4. The molecule has 3 rings (SSSR count). The Morgan fingerprint density at radius 2 is 1.88 bits per heavy atom. The largest absolute Gasteiger partial charge is 0.472 e. The molecule has 0 amide bonds. The number of carbonyl (C=O) groups excluding carboxylic acids is 1. The Balaban J connectivity index is 2.21. The number of nitrogens with one attached hydrogen (secondary N) is 1. The van der Waals surface area contributed by atoms with Gasteiger partial charge in [-0.25, -0.2) is 4.79 Å². The summed E-state index contributed by atoms with van der Waals surface area (Å²) < 4.78 is 6.18. The third-order valence-electron chi connectivity index (χ3n) is 3.52. The number of furan rings is 1. The number of ketones is 1. The predicted molar refractivity (Wildman–Crippen MR) is 88.9 cm³/mol. The van der Waals surface area contributed by atoms with Gasteiger partial charge in [0.05, 0.1) is 17.5 Å². The molecule has 0 atom stereocenters. The highest BCUT2D eigenvalue weighted by molar-refractivity contribution is 6.08. The highest BCUT2D eigenvalue weighted by Crippen LogP contribution is 2.16. The van der Waals surface area contributed by atoms with Crippen molar-refractivity contribution in [1.29, 1.82) is 0 Å². The molecule has 0 bridgehead atoms. The molecule has 0 unspecified atom stereocenters. The monoisotopic (exact) mass is 322 g/mol. The van der Waals surface area contributed by atoms with E-state index < -0.39 is 11.2 Å². The second kappa shape index (κ2) is 6.37. The summed E-state index contributed by atoms with van der Waals surface area (Å²) >= 11 is 0. The van der Waals surface area contributed by atoms with E-state index in [1.807, 2.05) is 6.07 Å². The minimum atomic E-state index is -0.610. The van der Waals surface area contributed by atoms with Crippen LogP contribution in [0.15, 0.2) is 75.2 Å². The molecule has 0 aliphatic carbocycles. The molecule has 6 heteroatoms. The van der Waals surface area contributed by atoms with Gasteiger partial charge in [0.25, 0.3) is 5.56 Å². The number of hydrogen-bond donors (Lipinski definition) is 1. The predicted octanol–water partition coefficient (Wildman–Crippen LogP) is 2.21. The maximum absolute atomic E-state index is 12.4. The molecule has 6 nitrogen and oxygen atoms in total. The van der Waals surface area contributed by atoms with Crippen LogP contribution in [0.5, 0.6) is 0 Å². The first-order valence-electron chi connectivity index (χ1n) is 7.23. The number of H-pyrrole nitrogens is 1. The van der Waals surface area contributed by atoms with E-state index in [0.717, 1.165) is 0 Å². The quantitative estimate of drug-likeness (QED) is 0.589. The van der Waals surface area contributed by atoms with E-state index in [1.165, 1.54) is 29.4 Å². The van der Waals surface area contributed by atoms with Crippen LogP contribution in [0.2, 0.25) is 0 Å². The molecule has 2 aromatic heterocycles. The Morgan fingerprint density at radius 1 is 1.12 bits per heavy atom. The first-order valence-corrected chi connectivity index (χ1v) is 7.23. The van der Waals surface area contributed by atoms with Gasteiger partial charge in [0, 0.05) is 17.8 Å². The Morgan fingerprint density at radius 3 is 2.54 bits per heavy atom. The lowest BCUT2D eigenvalue weighted by molar-refractivity contribution is 0.104. The zero-order valence-electron chi connectivity index (χ0n) is 12.9. The molecule has 24 heavy (non-hydrogen) atoms. The van der Waals surface area contributed by atoms with Crippen LogP contribution in [-0.2, 0) is 0 Å². The normalized spacial score (nSPS) is 11.5. The number of benzene rings is 1. The van der Waals surface area contributed by atoms with Crippen molar-refractivity contribution < 1.29 is 9.21 Å². The first-order chi connectivity index (χ1) is 11.6. The number of aromatic amines is 1. The van der Waals surface area contributed by atoms with Gasteiger partial charge < -0.3 is 4.42 Å². The summed E-state index contributed by atoms with van der Waals surface area (Å²) in [5.41, 5.74) is 0.712. The highest BCUT2D eigenvalue weighted by Gasteiger charge is 2.12. The number of aryl methyl sites for hydroxylation is 1. The molecular weight excluding hydrogens is 308 g/mol. The molecule has 0 saturated carbocycles. The van der Waals surface area contributed by atoms with Gasteiger partial charge in [0.15, 0.2) is 5.78 Å². The Bertz CT molecular complexity index is 1010. The molecule has 2 heterocycles. The summed E-state index contributed by atoms with van der Waals surface area (Å²) in [5, 5.41) is 0. The fourth-order valence-electron chi connectivity index (χ4n) is 2.26. The molecular formula is C18H14N2O4. The molecule has 0 aliphatic rings. The molecule has 1 aromatic carbocycles. The van der Waals surface area contributed by atoms with Crippen LogP contribution >= 0.6 is 0 Å². The number of hydrogen-bond acceptors (Lipinski definition) is 4. The summed E-state index contributed by atoms with van der Waals surface area (Å²) in [7, 11) is 0. The SMILES string of the molecule is Cc1cn(/C(=C/C(=O)c2ccoc2)c2ccccc2)c(=O)[nH]c1=O. The molecule has 0 fully saturated rings. The van der Waals surface area contributed by atoms with Crippen LogP contribution in [0, 0.1) is 6.92 Å². The van der Waals surface area contributed by atoms with Gasteiger partial charge in [-0.05, 0) is 18.6 Å². The van der Waals surface area contributed by atoms with Crippen molar-refractivity contribution in [3.63, 3.8) is 0 Å². The molecule has 120 valence electrons. The second-order valence-corrected chi connectivity index (χ2v) is 5.21. The van der Waals surface area contributed by atoms with Crippen LogP contribution in [0.1, 0.15) is 21.5 Å². The van der Waals surface area contributed by atoms with Crippen molar-refractivity contribution in [3.05, 3.63) is 98.7 Å². The van der Waals surface area contributed by atoms with E-state index in [-0.39, 0.29) is 5.78 Å². The van der Waals surface area contributed by atoms with E-state index in [2.05, 4.69) is 4.98 Å². The molecule has 0 aliphatic heterocycles. The highest BCUT2D eigenvalue weighted by atomic mass is 16.3. The van der Waals surface area contributed by atoms with Crippen LogP contribution in [0.3, 0.4) is 0 Å². The number of allylic oxidation sites excluding steroid dienone is 1. The molecule has 1 N–H and O–H groups in total. The maximum atomic E-state index is 12.4. The fourth-order valence-corrected chi connectivity index (χ4v) is 2.26. The maximum Gasteiger partial charge on any atom is 0.332 e. The van der Waals surface area contributed by atoms with Crippen LogP contribution in [-0.4, -0.2) is 15.3 Å². The van der Waals surface area contributed by atoms with Gasteiger partial charge in [-0.1, -0.05) is 30.3 Å². The number of aromatic nitrogens is 2. The van der Waals surface area contributed by atoms with Crippen molar-refractivity contribution in [2.24, 2.45) is 0 Å². The summed E-state index contributed by atoms with van der Waals surface area (Å²) in [6.45, 7) is 1.59. The van der Waals surface area contributed by atoms with Crippen molar-refractivity contribution in [2.75, 3.05) is 0 Å². The smallest absolute Gasteiger partial charge is 0.332 e. The Kier molecular flexibility index (Phi) is 4.11. The van der Waals surface area contributed by atoms with E-state index in [4.69, 9.17) is 4.42 Å². The van der Waals surface area contributed by atoms with Crippen molar-refractivity contribution in [2.45, 2.75) is 6.92 Å². The Hall–Kier alpha value is -3.41. The summed E-state index contributed by atoms with van der Waals surface area (Å²) in [4.78, 5) is 38.5. The second-order valence-electron chi connectivity index (χ2n) is 5.21. The molecule has 0 spiro atoms. The van der Waals surface area contributed by atoms with Gasteiger partial charge >= 0.3 is 5.69 Å². The van der Waals surface area contributed by atoms with Gasteiger partial charge in [-0.2, -0.15) is 0 Å². The lowest BCUT2D eigenvalue weighted by atomic mass is 10.1. The van der Waals surface area contributed by atoms with Gasteiger partial charge in [-0.3, -0.25) is 19.1 Å². The third kappa shape index (κ3) is 3.03. The lowest BCUT2D eigenvalue weighted by Crippen LogP contribution is -2.30. The van der Waals surface area contributed by atoms with Crippen molar-refractivity contribution >= 4 is 11.5 Å². The van der Waals surface area contributed by atoms with E-state index in [9.17, 15) is 14.4 Å². The summed E-state index contributed by atoms with van der Waals surface area (Å²) in [6.07, 6.45) is 5.50. The third-order valence-corrected chi connectivity index (χ3v) is 3.52. The van der Waals surface area contributed by atoms with Gasteiger partial charge in [-0.15, -0.1) is 0 Å². The minimum absolute atomic E-state index is 0.307. The van der Waals surface area contributed by atoms with Crippen molar-refractivity contribution in [3.8, 4) is 0 Å². The topological polar surface area (TPSA) is 85.1 Å². The molecule has 3 aromatic rings. The number of carbonyl (C=O) groups is 1. The van der Waals surface area contributed by atoms with E-state index in [1.54, 1.807) is 37.3 Å². The number of nitrogens with zero attached hydrogens (tertiary/aromatic N) is 1. The van der Waals surface area contributed by atoms with Crippen molar-refractivity contribution in [1.82, 2.24) is 9.55 Å².